The smallest absolute Gasteiger partial charge is 0.339 e. The number of aliphatic hydroxyl groups excluding tert-OH is 1. The van der Waals surface area contributed by atoms with Crippen molar-refractivity contribution in [3.63, 3.8) is 0 Å². The average Bonchev–Trinajstić information content (AvgIpc) is 3.22. The Morgan fingerprint density at radius 3 is 2.61 bits per heavy atom. The molecule has 2 aromatic heterocycles. The van der Waals surface area contributed by atoms with Gasteiger partial charge in [0.2, 0.25) is 11.7 Å². The number of ketones is 1. The Labute approximate surface area is 234 Å². The number of nitrogens with one attached hydrogen (secondary N) is 3. The first-order valence-electron chi connectivity index (χ1n) is 12.5. The summed E-state index contributed by atoms with van der Waals surface area (Å²) < 4.78 is 5.45. The van der Waals surface area contributed by atoms with Crippen LogP contribution in [0.1, 0.15) is 67.8 Å². The van der Waals surface area contributed by atoms with Gasteiger partial charge >= 0.3 is 5.97 Å². The quantitative estimate of drug-likeness (QED) is 0.0667. The fourth-order valence-electron chi connectivity index (χ4n) is 4.47. The molecule has 0 radical (unpaired) electrons. The minimum atomic E-state index is -0.801. The van der Waals surface area contributed by atoms with Crippen molar-refractivity contribution < 1.29 is 24.2 Å². The predicted molar refractivity (Wildman–Crippen MR) is 147 cm³/mol. The molecule has 4 aromatic rings. The van der Waals surface area contributed by atoms with E-state index in [1.165, 1.54) is 18.5 Å². The number of nitrogens with zero attached hydrogens (tertiary/aromatic N) is 4. The van der Waals surface area contributed by atoms with E-state index in [9.17, 15) is 19.5 Å². The van der Waals surface area contributed by atoms with Crippen LogP contribution in [-0.2, 0) is 10.3 Å². The molecule has 1 unspecified atom stereocenters. The highest BCUT2D eigenvalue weighted by Gasteiger charge is 2.37. The van der Waals surface area contributed by atoms with Crippen LogP contribution in [-0.4, -0.2) is 49.5 Å². The summed E-state index contributed by atoms with van der Waals surface area (Å²) in [5.41, 5.74) is 3.34. The molecule has 6 N–H and O–H groups in total. The number of cyclic esters (lactones) is 1. The number of hydrazine groups is 1. The highest BCUT2D eigenvalue weighted by atomic mass is 16.6. The molecule has 41 heavy (non-hydrogen) atoms. The molecule has 1 aliphatic heterocycles. The molecule has 0 fully saturated rings. The SMILES string of the molecule is CC1(C)OC(=O)c2ccc(Nc3ncc(C(=O)c4ccnnc4C(=O)NN)c(NC(CO)c4ccccc4)n3)cc21. The van der Waals surface area contributed by atoms with Gasteiger partial charge in [0.25, 0.3) is 5.91 Å². The van der Waals surface area contributed by atoms with Gasteiger partial charge in [-0.15, -0.1) is 5.10 Å². The molecule has 13 nitrogen and oxygen atoms in total. The van der Waals surface area contributed by atoms with Crippen LogP contribution >= 0.6 is 0 Å². The number of nitrogens with two attached hydrogens (primary N) is 1. The van der Waals surface area contributed by atoms with Crippen molar-refractivity contribution in [1.29, 1.82) is 0 Å². The highest BCUT2D eigenvalue weighted by molar-refractivity contribution is 6.16. The van der Waals surface area contributed by atoms with Crippen molar-refractivity contribution in [3.8, 4) is 0 Å². The Balaban J connectivity index is 1.55. The van der Waals surface area contributed by atoms with E-state index in [1.54, 1.807) is 32.0 Å². The molecule has 0 saturated heterocycles. The van der Waals surface area contributed by atoms with Crippen LogP contribution in [0.25, 0.3) is 0 Å². The highest BCUT2D eigenvalue weighted by Crippen LogP contribution is 2.37. The normalized spacial score (nSPS) is 14.0. The second-order valence-corrected chi connectivity index (χ2v) is 9.63. The van der Waals surface area contributed by atoms with E-state index in [-0.39, 0.29) is 35.2 Å². The number of hydrogen-bond donors (Lipinski definition) is 5. The third kappa shape index (κ3) is 5.44. The Morgan fingerprint density at radius 1 is 1.10 bits per heavy atom. The van der Waals surface area contributed by atoms with Gasteiger partial charge in [-0.05, 0) is 43.7 Å². The predicted octanol–water partition coefficient (Wildman–Crippen LogP) is 2.40. The standard InChI is InChI=1S/C28H26N8O5/c1-28(2)20-12-16(8-9-17(20)26(40)41-28)32-27-30-13-19(23(38)18-10-11-31-36-22(18)25(39)35-29)24(34-27)33-21(14-37)15-6-4-3-5-7-15/h3-13,21,37H,14,29H2,1-2H3,(H,35,39)(H2,30,32,33,34). The lowest BCUT2D eigenvalue weighted by Gasteiger charge is -2.20. The summed E-state index contributed by atoms with van der Waals surface area (Å²) in [4.78, 5) is 47.0. The van der Waals surface area contributed by atoms with Crippen molar-refractivity contribution in [2.45, 2.75) is 25.5 Å². The molecule has 208 valence electrons. The minimum absolute atomic E-state index is 0.0121. The maximum Gasteiger partial charge on any atom is 0.339 e. The largest absolute Gasteiger partial charge is 0.451 e. The van der Waals surface area contributed by atoms with Crippen LogP contribution in [0.15, 0.2) is 67.0 Å². The topological polar surface area (TPSA) is 194 Å². The molecule has 0 spiro atoms. The molecule has 1 atom stereocenters. The first-order valence-corrected chi connectivity index (χ1v) is 12.5. The van der Waals surface area contributed by atoms with E-state index >= 15 is 0 Å². The van der Waals surface area contributed by atoms with Crippen molar-refractivity contribution >= 4 is 35.1 Å². The Kier molecular flexibility index (Phi) is 7.38. The number of hydrogen-bond acceptors (Lipinski definition) is 12. The molecule has 0 bridgehead atoms. The van der Waals surface area contributed by atoms with E-state index in [4.69, 9.17) is 10.6 Å². The molecule has 3 heterocycles. The zero-order valence-electron chi connectivity index (χ0n) is 22.1. The van der Waals surface area contributed by atoms with E-state index in [0.717, 1.165) is 5.56 Å². The number of aliphatic hydroxyl groups is 1. The monoisotopic (exact) mass is 554 g/mol. The summed E-state index contributed by atoms with van der Waals surface area (Å²) in [6, 6.07) is 15.0. The maximum absolute atomic E-state index is 13.7. The third-order valence-electron chi connectivity index (χ3n) is 6.53. The zero-order chi connectivity index (χ0) is 29.1. The summed E-state index contributed by atoms with van der Waals surface area (Å²) in [7, 11) is 0. The molecule has 5 rings (SSSR count). The van der Waals surface area contributed by atoms with Crippen molar-refractivity contribution in [3.05, 3.63) is 101 Å². The van der Waals surface area contributed by atoms with Crippen LogP contribution < -0.4 is 21.9 Å². The molecule has 0 saturated carbocycles. The number of anilines is 3. The van der Waals surface area contributed by atoms with Crippen LogP contribution in [0.5, 0.6) is 0 Å². The molecular formula is C28H26N8O5. The van der Waals surface area contributed by atoms with Crippen LogP contribution in [0.4, 0.5) is 17.5 Å². The molecule has 1 aliphatic rings. The van der Waals surface area contributed by atoms with E-state index in [1.807, 2.05) is 35.8 Å². The lowest BCUT2D eigenvalue weighted by Crippen LogP contribution is -2.32. The summed E-state index contributed by atoms with van der Waals surface area (Å²) in [6.07, 6.45) is 2.57. The zero-order valence-corrected chi connectivity index (χ0v) is 22.1. The van der Waals surface area contributed by atoms with Gasteiger partial charge in [-0.2, -0.15) is 10.1 Å². The Morgan fingerprint density at radius 2 is 1.88 bits per heavy atom. The number of esters is 1. The van der Waals surface area contributed by atoms with Crippen LogP contribution in [0.3, 0.4) is 0 Å². The minimum Gasteiger partial charge on any atom is -0.451 e. The maximum atomic E-state index is 13.7. The molecule has 13 heteroatoms. The van der Waals surface area contributed by atoms with Crippen LogP contribution in [0, 0.1) is 0 Å². The van der Waals surface area contributed by atoms with Gasteiger partial charge < -0.3 is 20.5 Å². The number of carbonyl (C=O) groups excluding carboxylic acids is 3. The molecule has 0 aliphatic carbocycles. The summed E-state index contributed by atoms with van der Waals surface area (Å²) in [5.74, 6) is 3.67. The second-order valence-electron chi connectivity index (χ2n) is 9.63. The van der Waals surface area contributed by atoms with E-state index in [0.29, 0.717) is 16.8 Å². The number of benzene rings is 2. The molecule has 1 amide bonds. The number of carbonyl (C=O) groups is 3. The number of nitrogen functional groups attached to an aromatic ring is 1. The summed E-state index contributed by atoms with van der Waals surface area (Å²) >= 11 is 0. The fraction of sp³-hybridized carbons (Fsp3) is 0.179. The van der Waals surface area contributed by atoms with Gasteiger partial charge in [0.05, 0.1) is 35.5 Å². The Bertz CT molecular complexity index is 1640. The van der Waals surface area contributed by atoms with Gasteiger partial charge in [-0.3, -0.25) is 15.0 Å². The lowest BCUT2D eigenvalue weighted by atomic mass is 9.95. The Hall–Kier alpha value is -5.27. The average molecular weight is 555 g/mol. The fourth-order valence-corrected chi connectivity index (χ4v) is 4.47. The van der Waals surface area contributed by atoms with Crippen molar-refractivity contribution in [2.24, 2.45) is 5.84 Å². The number of rotatable bonds is 9. The molecular weight excluding hydrogens is 528 g/mol. The number of aromatic nitrogens is 4. The third-order valence-corrected chi connectivity index (χ3v) is 6.53. The van der Waals surface area contributed by atoms with Gasteiger partial charge in [-0.25, -0.2) is 15.6 Å². The van der Waals surface area contributed by atoms with Crippen molar-refractivity contribution in [2.75, 3.05) is 17.2 Å². The summed E-state index contributed by atoms with van der Waals surface area (Å²) in [6.45, 7) is 3.28. The van der Waals surface area contributed by atoms with Gasteiger partial charge in [-0.1, -0.05) is 30.3 Å². The number of amides is 1. The number of fused-ring (bicyclic) bond motifs is 1. The lowest BCUT2D eigenvalue weighted by molar-refractivity contribution is 0.00952. The van der Waals surface area contributed by atoms with Crippen molar-refractivity contribution in [1.82, 2.24) is 25.6 Å². The second kappa shape index (κ2) is 11.1. The van der Waals surface area contributed by atoms with E-state index < -0.39 is 29.3 Å². The molecule has 2 aromatic carbocycles. The first-order chi connectivity index (χ1) is 19.7. The van der Waals surface area contributed by atoms with E-state index in [2.05, 4.69) is 30.8 Å². The van der Waals surface area contributed by atoms with Gasteiger partial charge in [0, 0.05) is 17.4 Å². The number of ether oxygens (including phenoxy) is 1. The summed E-state index contributed by atoms with van der Waals surface area (Å²) in [5, 5.41) is 23.8. The van der Waals surface area contributed by atoms with Gasteiger partial charge in [0.15, 0.2) is 5.69 Å². The first kappa shape index (κ1) is 27.3. The van der Waals surface area contributed by atoms with Gasteiger partial charge in [0.1, 0.15) is 11.4 Å². The van der Waals surface area contributed by atoms with Crippen LogP contribution in [0.2, 0.25) is 0 Å².